The van der Waals surface area contributed by atoms with Crippen LogP contribution in [0.15, 0.2) is 36.2 Å². The summed E-state index contributed by atoms with van der Waals surface area (Å²) in [4.78, 5) is 13.2. The fourth-order valence-electron chi connectivity index (χ4n) is 1.38. The van der Waals surface area contributed by atoms with Gasteiger partial charge < -0.3 is 16.4 Å². The van der Waals surface area contributed by atoms with E-state index in [1.807, 2.05) is 44.3 Å². The molecule has 0 saturated heterocycles. The predicted molar refractivity (Wildman–Crippen MR) is 65.0 cm³/mol. The third-order valence-electron chi connectivity index (χ3n) is 2.45. The number of hydrogen-bond acceptors (Lipinski definition) is 3. The molecule has 0 saturated carbocycles. The Balaban J connectivity index is 3.25. The summed E-state index contributed by atoms with van der Waals surface area (Å²) >= 11 is 0. The molecule has 1 amide bonds. The SMILES string of the molecule is CCN(C)/C(N)=C(/C(N)=O)c1ccccc1. The summed E-state index contributed by atoms with van der Waals surface area (Å²) in [5, 5.41) is 0. The van der Waals surface area contributed by atoms with E-state index in [1.54, 1.807) is 4.90 Å². The van der Waals surface area contributed by atoms with Crippen molar-refractivity contribution < 1.29 is 4.79 Å². The van der Waals surface area contributed by atoms with Crippen LogP contribution in [0.1, 0.15) is 12.5 Å². The van der Waals surface area contributed by atoms with E-state index in [4.69, 9.17) is 11.5 Å². The molecular formula is C12H17N3O. The van der Waals surface area contributed by atoms with Gasteiger partial charge >= 0.3 is 0 Å². The van der Waals surface area contributed by atoms with Crippen LogP contribution in [0, 0.1) is 0 Å². The Morgan fingerprint density at radius 1 is 1.25 bits per heavy atom. The van der Waals surface area contributed by atoms with Crippen molar-refractivity contribution in [3.05, 3.63) is 41.7 Å². The molecule has 0 aliphatic carbocycles. The predicted octanol–water partition coefficient (Wildman–Crippen LogP) is 0.751. The van der Waals surface area contributed by atoms with Gasteiger partial charge in [-0.25, -0.2) is 0 Å². The highest BCUT2D eigenvalue weighted by atomic mass is 16.1. The number of carbonyl (C=O) groups is 1. The molecule has 1 aromatic carbocycles. The quantitative estimate of drug-likeness (QED) is 0.734. The van der Waals surface area contributed by atoms with E-state index in [9.17, 15) is 4.79 Å². The molecule has 16 heavy (non-hydrogen) atoms. The Morgan fingerprint density at radius 2 is 1.81 bits per heavy atom. The van der Waals surface area contributed by atoms with Crippen LogP contribution in [-0.4, -0.2) is 24.4 Å². The zero-order valence-corrected chi connectivity index (χ0v) is 9.60. The van der Waals surface area contributed by atoms with Crippen LogP contribution < -0.4 is 11.5 Å². The maximum absolute atomic E-state index is 11.4. The lowest BCUT2D eigenvalue weighted by Gasteiger charge is -2.20. The maximum Gasteiger partial charge on any atom is 0.252 e. The van der Waals surface area contributed by atoms with Crippen molar-refractivity contribution in [2.75, 3.05) is 13.6 Å². The molecule has 4 nitrogen and oxygen atoms in total. The number of nitrogens with zero attached hydrogens (tertiary/aromatic N) is 1. The Morgan fingerprint density at radius 3 is 2.25 bits per heavy atom. The molecule has 0 unspecified atom stereocenters. The van der Waals surface area contributed by atoms with Crippen molar-refractivity contribution in [3.63, 3.8) is 0 Å². The topological polar surface area (TPSA) is 72.3 Å². The van der Waals surface area contributed by atoms with Gasteiger partial charge in [-0.3, -0.25) is 4.79 Å². The Bertz CT molecular complexity index is 398. The molecule has 0 aliphatic heterocycles. The summed E-state index contributed by atoms with van der Waals surface area (Å²) in [5.74, 6) is -0.106. The minimum atomic E-state index is -0.510. The highest BCUT2D eigenvalue weighted by molar-refractivity contribution is 6.19. The number of amides is 1. The largest absolute Gasteiger partial charge is 0.385 e. The minimum absolute atomic E-state index is 0.366. The summed E-state index contributed by atoms with van der Waals surface area (Å²) < 4.78 is 0. The molecule has 0 spiro atoms. The Labute approximate surface area is 95.5 Å². The molecule has 0 aliphatic rings. The van der Waals surface area contributed by atoms with Crippen molar-refractivity contribution in [2.45, 2.75) is 6.92 Å². The zero-order valence-electron chi connectivity index (χ0n) is 9.60. The van der Waals surface area contributed by atoms with Crippen LogP contribution in [-0.2, 0) is 4.79 Å². The lowest BCUT2D eigenvalue weighted by molar-refractivity contribution is -0.112. The number of carbonyl (C=O) groups excluding carboxylic acids is 1. The first kappa shape index (κ1) is 12.1. The van der Waals surface area contributed by atoms with E-state index in [0.717, 1.165) is 12.1 Å². The zero-order chi connectivity index (χ0) is 12.1. The van der Waals surface area contributed by atoms with Gasteiger partial charge in [0.15, 0.2) is 0 Å². The smallest absolute Gasteiger partial charge is 0.252 e. The van der Waals surface area contributed by atoms with Crippen molar-refractivity contribution >= 4 is 11.5 Å². The number of benzene rings is 1. The van der Waals surface area contributed by atoms with Gasteiger partial charge in [-0.15, -0.1) is 0 Å². The highest BCUT2D eigenvalue weighted by Crippen LogP contribution is 2.17. The van der Waals surface area contributed by atoms with Gasteiger partial charge in [-0.1, -0.05) is 30.3 Å². The summed E-state index contributed by atoms with van der Waals surface area (Å²) in [5.41, 5.74) is 12.4. The fraction of sp³-hybridized carbons (Fsp3) is 0.250. The monoisotopic (exact) mass is 219 g/mol. The molecule has 0 radical (unpaired) electrons. The van der Waals surface area contributed by atoms with E-state index < -0.39 is 5.91 Å². The maximum atomic E-state index is 11.4. The molecule has 4 N–H and O–H groups in total. The van der Waals surface area contributed by atoms with Crippen LogP contribution in [0.3, 0.4) is 0 Å². The summed E-state index contributed by atoms with van der Waals surface area (Å²) in [7, 11) is 1.82. The summed E-state index contributed by atoms with van der Waals surface area (Å²) in [6, 6.07) is 9.20. The molecule has 1 aromatic rings. The second kappa shape index (κ2) is 5.21. The van der Waals surface area contributed by atoms with E-state index in [-0.39, 0.29) is 0 Å². The number of nitrogens with two attached hydrogens (primary N) is 2. The molecule has 1 rings (SSSR count). The summed E-state index contributed by atoms with van der Waals surface area (Å²) in [6.45, 7) is 2.67. The third-order valence-corrected chi connectivity index (χ3v) is 2.45. The molecule has 0 fully saturated rings. The van der Waals surface area contributed by atoms with Crippen LogP contribution in [0.5, 0.6) is 0 Å². The Kier molecular flexibility index (Phi) is 3.94. The number of rotatable bonds is 4. The molecule has 86 valence electrons. The van der Waals surface area contributed by atoms with E-state index in [0.29, 0.717) is 11.4 Å². The standard InChI is InChI=1S/C12H17N3O/c1-3-15(2)11(13)10(12(14)16)9-7-5-4-6-8-9/h4-8H,3,13H2,1-2H3,(H2,14,16)/b11-10+. The van der Waals surface area contributed by atoms with Crippen LogP contribution in [0.4, 0.5) is 0 Å². The molecule has 0 heterocycles. The van der Waals surface area contributed by atoms with Crippen molar-refractivity contribution in [3.8, 4) is 0 Å². The number of primary amides is 1. The number of hydrogen-bond donors (Lipinski definition) is 2. The van der Waals surface area contributed by atoms with Crippen molar-refractivity contribution in [2.24, 2.45) is 11.5 Å². The third kappa shape index (κ3) is 2.53. The van der Waals surface area contributed by atoms with Gasteiger partial charge in [0, 0.05) is 13.6 Å². The average Bonchev–Trinajstić information content (AvgIpc) is 2.29. The van der Waals surface area contributed by atoms with Gasteiger partial charge in [0.05, 0.1) is 5.57 Å². The van der Waals surface area contributed by atoms with Gasteiger partial charge in [-0.2, -0.15) is 0 Å². The first-order valence-corrected chi connectivity index (χ1v) is 5.14. The van der Waals surface area contributed by atoms with E-state index in [1.165, 1.54) is 0 Å². The second-order valence-corrected chi connectivity index (χ2v) is 3.50. The molecule has 0 aromatic heterocycles. The van der Waals surface area contributed by atoms with Gasteiger partial charge in [-0.05, 0) is 12.5 Å². The average molecular weight is 219 g/mol. The van der Waals surface area contributed by atoms with Crippen molar-refractivity contribution in [1.29, 1.82) is 0 Å². The first-order chi connectivity index (χ1) is 7.57. The molecular weight excluding hydrogens is 202 g/mol. The second-order valence-electron chi connectivity index (χ2n) is 3.50. The first-order valence-electron chi connectivity index (χ1n) is 5.14. The normalized spacial score (nSPS) is 11.9. The molecule has 4 heteroatoms. The lowest BCUT2D eigenvalue weighted by atomic mass is 10.1. The lowest BCUT2D eigenvalue weighted by Crippen LogP contribution is -2.28. The van der Waals surface area contributed by atoms with E-state index in [2.05, 4.69) is 0 Å². The van der Waals surface area contributed by atoms with Gasteiger partial charge in [0.2, 0.25) is 0 Å². The van der Waals surface area contributed by atoms with E-state index >= 15 is 0 Å². The summed E-state index contributed by atoms with van der Waals surface area (Å²) in [6.07, 6.45) is 0. The van der Waals surface area contributed by atoms with Gasteiger partial charge in [0.25, 0.3) is 5.91 Å². The van der Waals surface area contributed by atoms with Crippen LogP contribution in [0.25, 0.3) is 5.57 Å². The van der Waals surface area contributed by atoms with Crippen LogP contribution >= 0.6 is 0 Å². The van der Waals surface area contributed by atoms with Crippen molar-refractivity contribution in [1.82, 2.24) is 4.90 Å². The Hall–Kier alpha value is -1.97. The molecule has 0 bridgehead atoms. The molecule has 0 atom stereocenters. The minimum Gasteiger partial charge on any atom is -0.385 e. The fourth-order valence-corrected chi connectivity index (χ4v) is 1.38. The van der Waals surface area contributed by atoms with Crippen LogP contribution in [0.2, 0.25) is 0 Å². The highest BCUT2D eigenvalue weighted by Gasteiger charge is 2.14. The van der Waals surface area contributed by atoms with Gasteiger partial charge in [0.1, 0.15) is 5.82 Å².